The quantitative estimate of drug-likeness (QED) is 0.407. The van der Waals surface area contributed by atoms with Crippen molar-refractivity contribution < 1.29 is 14.4 Å². The molecule has 0 heterocycles. The van der Waals surface area contributed by atoms with E-state index >= 15 is 0 Å². The van der Waals surface area contributed by atoms with Crippen molar-refractivity contribution in [2.75, 3.05) is 10.6 Å². The molecule has 7 heteroatoms. The van der Waals surface area contributed by atoms with Gasteiger partial charge in [0, 0.05) is 17.1 Å². The number of carbonyl (C=O) groups excluding carboxylic acids is 3. The Morgan fingerprint density at radius 3 is 2.07 bits per heavy atom. The van der Waals surface area contributed by atoms with Gasteiger partial charge in [-0.3, -0.25) is 14.4 Å². The molecular weight excluding hydrogens is 356 g/mol. The van der Waals surface area contributed by atoms with Crippen LogP contribution < -0.4 is 16.1 Å². The first kappa shape index (κ1) is 20.8. The first-order chi connectivity index (χ1) is 13.3. The minimum Gasteiger partial charge on any atom is -0.326 e. The largest absolute Gasteiger partial charge is 0.329 e. The van der Waals surface area contributed by atoms with E-state index in [0.29, 0.717) is 23.0 Å². The fourth-order valence-electron chi connectivity index (χ4n) is 2.33. The number of anilines is 2. The molecule has 2 aromatic rings. The van der Waals surface area contributed by atoms with Gasteiger partial charge in [0.05, 0.1) is 6.42 Å². The third kappa shape index (κ3) is 6.68. The molecule has 0 aliphatic heterocycles. The summed E-state index contributed by atoms with van der Waals surface area (Å²) in [6.07, 6.45) is -0.00742. The predicted octanol–water partition coefficient (Wildman–Crippen LogP) is 3.27. The van der Waals surface area contributed by atoms with Crippen LogP contribution in [0.25, 0.3) is 0 Å². The molecule has 0 aliphatic carbocycles. The lowest BCUT2D eigenvalue weighted by atomic mass is 10.0. The van der Waals surface area contributed by atoms with E-state index < -0.39 is 11.8 Å². The van der Waals surface area contributed by atoms with Crippen LogP contribution in [0.3, 0.4) is 0 Å². The molecule has 3 amide bonds. The Bertz CT molecular complexity index is 859. The Balaban J connectivity index is 1.81. The summed E-state index contributed by atoms with van der Waals surface area (Å²) in [7, 11) is 0. The Morgan fingerprint density at radius 1 is 0.857 bits per heavy atom. The van der Waals surface area contributed by atoms with Crippen LogP contribution in [0.15, 0.2) is 59.7 Å². The third-order valence-electron chi connectivity index (χ3n) is 3.86. The van der Waals surface area contributed by atoms with Crippen LogP contribution in [-0.2, 0) is 14.4 Å². The number of rotatable bonds is 6. The first-order valence-electron chi connectivity index (χ1n) is 8.94. The molecule has 0 aliphatic rings. The molecule has 0 aromatic heterocycles. The number of nitrogens with zero attached hydrogens (tertiary/aromatic N) is 1. The SMILES string of the molecule is C/C(CC(=O)Nc1ccc(C(C)C)cc1)=N/NC(=O)C(=O)Nc1ccccc1. The summed E-state index contributed by atoms with van der Waals surface area (Å²) in [6, 6.07) is 16.2. The molecule has 0 radical (unpaired) electrons. The smallest absolute Gasteiger partial charge is 0.326 e. The number of para-hydroxylation sites is 1. The van der Waals surface area contributed by atoms with E-state index in [1.165, 1.54) is 5.56 Å². The maximum Gasteiger partial charge on any atom is 0.329 e. The second-order valence-electron chi connectivity index (χ2n) is 6.61. The normalized spacial score (nSPS) is 11.1. The van der Waals surface area contributed by atoms with Crippen LogP contribution in [-0.4, -0.2) is 23.4 Å². The maximum atomic E-state index is 12.1. The van der Waals surface area contributed by atoms with Crippen molar-refractivity contribution in [1.82, 2.24) is 5.43 Å². The van der Waals surface area contributed by atoms with Gasteiger partial charge in [-0.25, -0.2) is 5.43 Å². The van der Waals surface area contributed by atoms with Crippen molar-refractivity contribution in [2.45, 2.75) is 33.1 Å². The number of hydrogen-bond donors (Lipinski definition) is 3. The van der Waals surface area contributed by atoms with Crippen LogP contribution in [0.2, 0.25) is 0 Å². The van der Waals surface area contributed by atoms with E-state index in [1.54, 1.807) is 37.3 Å². The summed E-state index contributed by atoms with van der Waals surface area (Å²) in [5.74, 6) is -1.59. The van der Waals surface area contributed by atoms with Crippen molar-refractivity contribution in [3.05, 3.63) is 60.2 Å². The number of benzene rings is 2. The molecule has 146 valence electrons. The summed E-state index contributed by atoms with van der Waals surface area (Å²) < 4.78 is 0. The van der Waals surface area contributed by atoms with Gasteiger partial charge in [-0.15, -0.1) is 0 Å². The second-order valence-corrected chi connectivity index (χ2v) is 6.61. The van der Waals surface area contributed by atoms with Gasteiger partial charge >= 0.3 is 11.8 Å². The molecule has 0 atom stereocenters. The lowest BCUT2D eigenvalue weighted by molar-refractivity contribution is -0.136. The lowest BCUT2D eigenvalue weighted by Crippen LogP contribution is -2.33. The average molecular weight is 380 g/mol. The highest BCUT2D eigenvalue weighted by molar-refractivity contribution is 6.39. The van der Waals surface area contributed by atoms with Gasteiger partial charge < -0.3 is 10.6 Å². The standard InChI is InChI=1S/C21H24N4O3/c1-14(2)16-9-11-18(12-10-16)22-19(26)13-15(3)24-25-21(28)20(27)23-17-7-5-4-6-8-17/h4-12,14H,13H2,1-3H3,(H,22,26)(H,23,27)(H,25,28)/b24-15-. The molecule has 2 aromatic carbocycles. The number of hydrazone groups is 1. The molecule has 0 unspecified atom stereocenters. The van der Waals surface area contributed by atoms with Crippen LogP contribution >= 0.6 is 0 Å². The molecule has 0 saturated heterocycles. The van der Waals surface area contributed by atoms with Gasteiger partial charge in [0.2, 0.25) is 5.91 Å². The Hall–Kier alpha value is -3.48. The fraction of sp³-hybridized carbons (Fsp3) is 0.238. The van der Waals surface area contributed by atoms with Crippen LogP contribution in [0.5, 0.6) is 0 Å². The highest BCUT2D eigenvalue weighted by Gasteiger charge is 2.13. The Labute approximate surface area is 164 Å². The van der Waals surface area contributed by atoms with E-state index in [2.05, 4.69) is 35.0 Å². The molecule has 0 bridgehead atoms. The highest BCUT2D eigenvalue weighted by atomic mass is 16.2. The number of carbonyl (C=O) groups is 3. The molecular formula is C21H24N4O3. The molecule has 7 nitrogen and oxygen atoms in total. The number of hydrogen-bond acceptors (Lipinski definition) is 4. The first-order valence-corrected chi connectivity index (χ1v) is 8.94. The predicted molar refractivity (Wildman–Crippen MR) is 110 cm³/mol. The van der Waals surface area contributed by atoms with Crippen LogP contribution in [0.4, 0.5) is 11.4 Å². The second kappa shape index (κ2) is 10.0. The molecule has 3 N–H and O–H groups in total. The molecule has 0 fully saturated rings. The Morgan fingerprint density at radius 2 is 1.46 bits per heavy atom. The van der Waals surface area contributed by atoms with E-state index in [-0.39, 0.29) is 12.3 Å². The van der Waals surface area contributed by atoms with E-state index in [1.807, 2.05) is 24.3 Å². The minimum atomic E-state index is -0.909. The third-order valence-corrected chi connectivity index (χ3v) is 3.86. The van der Waals surface area contributed by atoms with Gasteiger partial charge in [0.25, 0.3) is 0 Å². The van der Waals surface area contributed by atoms with Gasteiger partial charge in [0.15, 0.2) is 0 Å². The molecule has 0 spiro atoms. The topological polar surface area (TPSA) is 99.7 Å². The zero-order chi connectivity index (χ0) is 20.5. The lowest BCUT2D eigenvalue weighted by Gasteiger charge is -2.08. The van der Waals surface area contributed by atoms with E-state index in [0.717, 1.165) is 0 Å². The van der Waals surface area contributed by atoms with Gasteiger partial charge in [-0.05, 0) is 42.7 Å². The van der Waals surface area contributed by atoms with Crippen LogP contribution in [0.1, 0.15) is 38.7 Å². The van der Waals surface area contributed by atoms with E-state index in [9.17, 15) is 14.4 Å². The monoisotopic (exact) mass is 380 g/mol. The van der Waals surface area contributed by atoms with Crippen molar-refractivity contribution in [1.29, 1.82) is 0 Å². The van der Waals surface area contributed by atoms with Gasteiger partial charge in [0.1, 0.15) is 0 Å². The summed E-state index contributed by atoms with van der Waals surface area (Å²) >= 11 is 0. The van der Waals surface area contributed by atoms with Crippen molar-refractivity contribution in [3.63, 3.8) is 0 Å². The summed E-state index contributed by atoms with van der Waals surface area (Å²) in [4.78, 5) is 35.7. The summed E-state index contributed by atoms with van der Waals surface area (Å²) in [5, 5.41) is 9.02. The molecule has 0 saturated carbocycles. The van der Waals surface area contributed by atoms with Gasteiger partial charge in [-0.2, -0.15) is 5.10 Å². The Kier molecular flexibility index (Phi) is 7.45. The summed E-state index contributed by atoms with van der Waals surface area (Å²) in [5.41, 5.74) is 4.90. The highest BCUT2D eigenvalue weighted by Crippen LogP contribution is 2.17. The molecule has 2 rings (SSSR count). The maximum absolute atomic E-state index is 12.1. The van der Waals surface area contributed by atoms with Crippen molar-refractivity contribution in [3.8, 4) is 0 Å². The van der Waals surface area contributed by atoms with Crippen molar-refractivity contribution >= 4 is 34.8 Å². The average Bonchev–Trinajstić information content (AvgIpc) is 2.67. The van der Waals surface area contributed by atoms with Gasteiger partial charge in [-0.1, -0.05) is 44.2 Å². The molecule has 28 heavy (non-hydrogen) atoms. The van der Waals surface area contributed by atoms with E-state index in [4.69, 9.17) is 0 Å². The minimum absolute atomic E-state index is 0.00742. The van der Waals surface area contributed by atoms with Crippen LogP contribution in [0, 0.1) is 0 Å². The van der Waals surface area contributed by atoms with Crippen molar-refractivity contribution in [2.24, 2.45) is 5.10 Å². The fourth-order valence-corrected chi connectivity index (χ4v) is 2.33. The zero-order valence-corrected chi connectivity index (χ0v) is 16.2. The number of amides is 3. The zero-order valence-electron chi connectivity index (χ0n) is 16.2. The summed E-state index contributed by atoms with van der Waals surface area (Å²) in [6.45, 7) is 5.79. The number of nitrogens with one attached hydrogen (secondary N) is 3.